The molecule has 2 heterocycles. The van der Waals surface area contributed by atoms with Crippen LogP contribution in [0.15, 0.2) is 0 Å². The van der Waals surface area contributed by atoms with E-state index in [4.69, 9.17) is 5.73 Å². The van der Waals surface area contributed by atoms with Crippen molar-refractivity contribution >= 4 is 5.91 Å². The molecular formula is C17H31N3O. The fourth-order valence-electron chi connectivity index (χ4n) is 4.35. The lowest BCUT2D eigenvalue weighted by atomic mass is 9.83. The number of carbonyl (C=O) groups excluding carboxylic acids is 1. The van der Waals surface area contributed by atoms with Gasteiger partial charge in [0.25, 0.3) is 0 Å². The lowest BCUT2D eigenvalue weighted by molar-refractivity contribution is -0.135. The summed E-state index contributed by atoms with van der Waals surface area (Å²) in [7, 11) is 0. The molecule has 0 aromatic rings. The van der Waals surface area contributed by atoms with Gasteiger partial charge >= 0.3 is 0 Å². The van der Waals surface area contributed by atoms with Crippen molar-refractivity contribution in [2.24, 2.45) is 11.7 Å². The molecule has 1 saturated carbocycles. The Morgan fingerprint density at radius 1 is 1.00 bits per heavy atom. The van der Waals surface area contributed by atoms with E-state index < -0.39 is 0 Å². The van der Waals surface area contributed by atoms with Crippen molar-refractivity contribution in [3.8, 4) is 0 Å². The van der Waals surface area contributed by atoms with E-state index in [0.29, 0.717) is 18.0 Å². The van der Waals surface area contributed by atoms with Crippen LogP contribution in [-0.4, -0.2) is 54.0 Å². The maximum Gasteiger partial charge on any atom is 0.222 e. The van der Waals surface area contributed by atoms with Crippen LogP contribution in [-0.2, 0) is 4.79 Å². The van der Waals surface area contributed by atoms with Crippen LogP contribution in [0.4, 0.5) is 0 Å². The minimum atomic E-state index is 0.398. The molecule has 1 unspecified atom stereocenters. The van der Waals surface area contributed by atoms with Crippen molar-refractivity contribution in [2.45, 2.75) is 69.9 Å². The molecule has 3 rings (SSSR count). The molecule has 0 spiro atoms. The fraction of sp³-hybridized carbons (Fsp3) is 0.941. The van der Waals surface area contributed by atoms with Gasteiger partial charge in [-0.1, -0.05) is 6.42 Å². The fourth-order valence-corrected chi connectivity index (χ4v) is 4.35. The Morgan fingerprint density at radius 3 is 2.62 bits per heavy atom. The van der Waals surface area contributed by atoms with Gasteiger partial charge in [-0.2, -0.15) is 0 Å². The third-order valence-electron chi connectivity index (χ3n) is 5.85. The highest BCUT2D eigenvalue weighted by molar-refractivity contribution is 5.76. The van der Waals surface area contributed by atoms with Gasteiger partial charge in [-0.25, -0.2) is 0 Å². The van der Waals surface area contributed by atoms with Gasteiger partial charge in [0.2, 0.25) is 5.91 Å². The molecule has 21 heavy (non-hydrogen) atoms. The van der Waals surface area contributed by atoms with Crippen LogP contribution in [0.5, 0.6) is 0 Å². The largest absolute Gasteiger partial charge is 0.340 e. The van der Waals surface area contributed by atoms with Gasteiger partial charge in [0.15, 0.2) is 0 Å². The monoisotopic (exact) mass is 293 g/mol. The first-order chi connectivity index (χ1) is 10.2. The van der Waals surface area contributed by atoms with Crippen LogP contribution >= 0.6 is 0 Å². The summed E-state index contributed by atoms with van der Waals surface area (Å²) in [4.78, 5) is 17.2. The Morgan fingerprint density at radius 2 is 1.81 bits per heavy atom. The summed E-state index contributed by atoms with van der Waals surface area (Å²) < 4.78 is 0. The van der Waals surface area contributed by atoms with Crippen molar-refractivity contribution < 1.29 is 4.79 Å². The number of amides is 1. The Kier molecular flexibility index (Phi) is 5.17. The van der Waals surface area contributed by atoms with Crippen molar-refractivity contribution in [3.63, 3.8) is 0 Å². The van der Waals surface area contributed by atoms with Crippen molar-refractivity contribution in [1.82, 2.24) is 9.80 Å². The van der Waals surface area contributed by atoms with E-state index in [9.17, 15) is 4.79 Å². The summed E-state index contributed by atoms with van der Waals surface area (Å²) in [5.41, 5.74) is 5.95. The number of piperazine rings is 1. The first-order valence-corrected chi connectivity index (χ1v) is 9.00. The molecule has 1 amide bonds. The molecule has 4 nitrogen and oxygen atoms in total. The summed E-state index contributed by atoms with van der Waals surface area (Å²) in [5, 5.41) is 0. The second-order valence-corrected chi connectivity index (χ2v) is 7.34. The van der Waals surface area contributed by atoms with E-state index in [-0.39, 0.29) is 0 Å². The molecule has 4 heteroatoms. The average molecular weight is 293 g/mol. The third kappa shape index (κ3) is 3.98. The van der Waals surface area contributed by atoms with Crippen molar-refractivity contribution in [2.75, 3.05) is 26.2 Å². The topological polar surface area (TPSA) is 49.6 Å². The smallest absolute Gasteiger partial charge is 0.222 e. The predicted octanol–water partition coefficient (Wildman–Crippen LogP) is 1.98. The minimum Gasteiger partial charge on any atom is -0.340 e. The summed E-state index contributed by atoms with van der Waals surface area (Å²) in [6.45, 7) is 4.27. The first-order valence-electron chi connectivity index (χ1n) is 9.00. The molecule has 120 valence electrons. The van der Waals surface area contributed by atoms with Crippen LogP contribution in [0.3, 0.4) is 0 Å². The molecule has 1 aliphatic carbocycles. The summed E-state index contributed by atoms with van der Waals surface area (Å²) in [5.74, 6) is 1.14. The Hall–Kier alpha value is -0.610. The summed E-state index contributed by atoms with van der Waals surface area (Å²) in [6.07, 6.45) is 10.6. The Labute approximate surface area is 129 Å². The molecule has 0 aromatic carbocycles. The quantitative estimate of drug-likeness (QED) is 0.865. The molecule has 3 fully saturated rings. The molecule has 0 aromatic heterocycles. The van der Waals surface area contributed by atoms with E-state index in [1.165, 1.54) is 38.6 Å². The zero-order valence-corrected chi connectivity index (χ0v) is 13.3. The standard InChI is InChI=1S/C17H31N3O/c18-15-7-4-14(5-8-15)6-9-17(21)20-12-11-19-10-2-1-3-16(19)13-20/h14-16H,1-13,18H2. The average Bonchev–Trinajstić information content (AvgIpc) is 2.53. The van der Waals surface area contributed by atoms with Gasteiger partial charge in [0, 0.05) is 38.1 Å². The van der Waals surface area contributed by atoms with E-state index in [1.807, 2.05) is 0 Å². The van der Waals surface area contributed by atoms with Gasteiger partial charge in [0.05, 0.1) is 0 Å². The van der Waals surface area contributed by atoms with Crippen LogP contribution in [0.2, 0.25) is 0 Å². The van der Waals surface area contributed by atoms with Gasteiger partial charge in [0.1, 0.15) is 0 Å². The van der Waals surface area contributed by atoms with E-state index in [2.05, 4.69) is 9.80 Å². The highest BCUT2D eigenvalue weighted by Gasteiger charge is 2.31. The molecular weight excluding hydrogens is 262 g/mol. The maximum absolute atomic E-state index is 12.5. The molecule has 2 saturated heterocycles. The number of carbonyl (C=O) groups is 1. The number of hydrogen-bond donors (Lipinski definition) is 1. The van der Waals surface area contributed by atoms with Gasteiger partial charge in [-0.3, -0.25) is 9.69 Å². The lowest BCUT2D eigenvalue weighted by Gasteiger charge is -2.44. The van der Waals surface area contributed by atoms with Gasteiger partial charge in [-0.15, -0.1) is 0 Å². The summed E-state index contributed by atoms with van der Waals surface area (Å²) >= 11 is 0. The van der Waals surface area contributed by atoms with E-state index >= 15 is 0 Å². The van der Waals surface area contributed by atoms with Crippen molar-refractivity contribution in [3.05, 3.63) is 0 Å². The lowest BCUT2D eigenvalue weighted by Crippen LogP contribution is -2.56. The molecule has 1 atom stereocenters. The predicted molar refractivity (Wildman–Crippen MR) is 85.0 cm³/mol. The van der Waals surface area contributed by atoms with Crippen LogP contribution < -0.4 is 5.73 Å². The molecule has 2 N–H and O–H groups in total. The summed E-state index contributed by atoms with van der Waals surface area (Å²) in [6, 6.07) is 1.06. The number of hydrogen-bond acceptors (Lipinski definition) is 3. The highest BCUT2D eigenvalue weighted by Crippen LogP contribution is 2.28. The second kappa shape index (κ2) is 7.10. The normalized spacial score (nSPS) is 34.5. The van der Waals surface area contributed by atoms with Crippen LogP contribution in [0.1, 0.15) is 57.8 Å². The first kappa shape index (κ1) is 15.3. The number of nitrogens with two attached hydrogens (primary N) is 1. The third-order valence-corrected chi connectivity index (χ3v) is 5.85. The highest BCUT2D eigenvalue weighted by atomic mass is 16.2. The zero-order chi connectivity index (χ0) is 14.7. The Balaban J connectivity index is 1.41. The molecule has 3 aliphatic rings. The minimum absolute atomic E-state index is 0.398. The van der Waals surface area contributed by atoms with Crippen LogP contribution in [0.25, 0.3) is 0 Å². The maximum atomic E-state index is 12.5. The van der Waals surface area contributed by atoms with E-state index in [0.717, 1.165) is 51.2 Å². The molecule has 0 bridgehead atoms. The number of fused-ring (bicyclic) bond motifs is 1. The number of rotatable bonds is 3. The second-order valence-electron chi connectivity index (χ2n) is 7.34. The van der Waals surface area contributed by atoms with Crippen molar-refractivity contribution in [1.29, 1.82) is 0 Å². The number of piperidine rings is 1. The van der Waals surface area contributed by atoms with Gasteiger partial charge in [-0.05, 0) is 57.4 Å². The van der Waals surface area contributed by atoms with E-state index in [1.54, 1.807) is 0 Å². The SMILES string of the molecule is NC1CCC(CCC(=O)N2CCN3CCCCC3C2)CC1. The van der Waals surface area contributed by atoms with Gasteiger partial charge < -0.3 is 10.6 Å². The molecule has 0 radical (unpaired) electrons. The number of nitrogens with zero attached hydrogens (tertiary/aromatic N) is 2. The zero-order valence-electron chi connectivity index (χ0n) is 13.3. The molecule has 2 aliphatic heterocycles. The Bertz CT molecular complexity index is 352. The van der Waals surface area contributed by atoms with Crippen LogP contribution in [0, 0.1) is 5.92 Å².